The summed E-state index contributed by atoms with van der Waals surface area (Å²) < 4.78 is 12.7. The van der Waals surface area contributed by atoms with Crippen LogP contribution >= 0.6 is 0 Å². The number of para-hydroxylation sites is 3. The number of hydrogen-bond acceptors (Lipinski definition) is 5. The normalized spacial score (nSPS) is 12.4. The highest BCUT2D eigenvalue weighted by Crippen LogP contribution is 2.19. The van der Waals surface area contributed by atoms with Crippen LogP contribution in [0.2, 0.25) is 0 Å². The summed E-state index contributed by atoms with van der Waals surface area (Å²) >= 11 is 0. The summed E-state index contributed by atoms with van der Waals surface area (Å²) in [5.41, 5.74) is 2.62. The molecule has 25 heavy (non-hydrogen) atoms. The molecule has 3 rings (SSSR count). The molecule has 6 nitrogen and oxygen atoms in total. The van der Waals surface area contributed by atoms with Crippen molar-refractivity contribution in [2.24, 2.45) is 0 Å². The predicted octanol–water partition coefficient (Wildman–Crippen LogP) is 2.11. The third kappa shape index (κ3) is 3.99. The number of fused-ring (bicyclic) bond motifs is 1. The van der Waals surface area contributed by atoms with Gasteiger partial charge in [-0.15, -0.1) is 0 Å². The quantitative estimate of drug-likeness (QED) is 0.656. The minimum Gasteiger partial charge on any atom is -0.496 e. The van der Waals surface area contributed by atoms with Gasteiger partial charge in [0.2, 0.25) is 0 Å². The van der Waals surface area contributed by atoms with Crippen molar-refractivity contribution in [3.8, 4) is 5.75 Å². The lowest BCUT2D eigenvalue weighted by Gasteiger charge is -2.15. The van der Waals surface area contributed by atoms with Crippen LogP contribution < -0.4 is 4.74 Å². The van der Waals surface area contributed by atoms with Crippen LogP contribution in [0.4, 0.5) is 0 Å². The molecule has 2 N–H and O–H groups in total. The van der Waals surface area contributed by atoms with E-state index in [0.717, 1.165) is 22.3 Å². The Morgan fingerprint density at radius 3 is 2.68 bits per heavy atom. The highest BCUT2D eigenvalue weighted by atomic mass is 16.5. The second kappa shape index (κ2) is 8.11. The van der Waals surface area contributed by atoms with Crippen molar-refractivity contribution in [3.05, 3.63) is 59.9 Å². The monoisotopic (exact) mass is 342 g/mol. The molecule has 132 valence electrons. The molecule has 0 bridgehead atoms. The molecule has 0 aliphatic heterocycles. The first-order valence-electron chi connectivity index (χ1n) is 8.15. The molecule has 1 heterocycles. The van der Waals surface area contributed by atoms with E-state index in [1.54, 1.807) is 7.11 Å². The molecule has 0 saturated heterocycles. The van der Waals surface area contributed by atoms with Crippen molar-refractivity contribution in [1.29, 1.82) is 0 Å². The van der Waals surface area contributed by atoms with Crippen molar-refractivity contribution in [1.82, 2.24) is 9.55 Å². The average Bonchev–Trinajstić information content (AvgIpc) is 3.00. The molecule has 0 spiro atoms. The van der Waals surface area contributed by atoms with E-state index in [2.05, 4.69) is 4.98 Å². The zero-order chi connectivity index (χ0) is 17.6. The molecule has 1 atom stereocenters. The number of aliphatic hydroxyl groups is 2. The Labute approximate surface area is 146 Å². The van der Waals surface area contributed by atoms with Gasteiger partial charge in [0.15, 0.2) is 0 Å². The zero-order valence-electron chi connectivity index (χ0n) is 14.1. The van der Waals surface area contributed by atoms with Gasteiger partial charge in [0.1, 0.15) is 18.2 Å². The molecule has 0 aliphatic carbocycles. The van der Waals surface area contributed by atoms with Gasteiger partial charge in [-0.3, -0.25) is 0 Å². The lowest BCUT2D eigenvalue weighted by Crippen LogP contribution is -2.23. The van der Waals surface area contributed by atoms with E-state index < -0.39 is 6.10 Å². The topological polar surface area (TPSA) is 76.7 Å². The molecule has 6 heteroatoms. The molecular weight excluding hydrogens is 320 g/mol. The lowest BCUT2D eigenvalue weighted by atomic mass is 10.2. The van der Waals surface area contributed by atoms with Crippen LogP contribution in [0, 0.1) is 0 Å². The van der Waals surface area contributed by atoms with Crippen LogP contribution in [0.3, 0.4) is 0 Å². The molecule has 0 fully saturated rings. The van der Waals surface area contributed by atoms with Gasteiger partial charge < -0.3 is 24.3 Å². The molecule has 0 unspecified atom stereocenters. The maximum Gasteiger partial charge on any atom is 0.135 e. The van der Waals surface area contributed by atoms with Gasteiger partial charge >= 0.3 is 0 Å². The molecule has 3 aromatic rings. The number of aromatic nitrogens is 2. The fourth-order valence-corrected chi connectivity index (χ4v) is 2.84. The van der Waals surface area contributed by atoms with Crippen LogP contribution in [-0.4, -0.2) is 39.6 Å². The number of hydrogen-bond donors (Lipinski definition) is 2. The maximum atomic E-state index is 10.3. The number of rotatable bonds is 8. The fourth-order valence-electron chi connectivity index (χ4n) is 2.84. The van der Waals surface area contributed by atoms with Crippen LogP contribution in [0.1, 0.15) is 11.4 Å². The Morgan fingerprint density at radius 1 is 1.12 bits per heavy atom. The zero-order valence-corrected chi connectivity index (χ0v) is 14.1. The molecule has 0 aliphatic rings. The van der Waals surface area contributed by atoms with Crippen molar-refractivity contribution in [2.75, 3.05) is 13.7 Å². The van der Waals surface area contributed by atoms with E-state index in [0.29, 0.717) is 19.0 Å². The van der Waals surface area contributed by atoms with Crippen molar-refractivity contribution in [3.63, 3.8) is 0 Å². The van der Waals surface area contributed by atoms with Gasteiger partial charge in [-0.25, -0.2) is 4.98 Å². The largest absolute Gasteiger partial charge is 0.496 e. The smallest absolute Gasteiger partial charge is 0.135 e. The molecule has 0 amide bonds. The van der Waals surface area contributed by atoms with Crippen LogP contribution in [-0.2, 0) is 24.5 Å². The number of methoxy groups -OCH3 is 1. The molecule has 1 aromatic heterocycles. The SMILES string of the molecule is COc1ccccc1COC[C@@H](O)Cn1c(CO)nc2ccccc21. The van der Waals surface area contributed by atoms with E-state index in [9.17, 15) is 10.2 Å². The van der Waals surface area contributed by atoms with Gasteiger partial charge in [0.25, 0.3) is 0 Å². The third-order valence-corrected chi connectivity index (χ3v) is 4.03. The summed E-state index contributed by atoms with van der Waals surface area (Å²) in [5, 5.41) is 19.8. The number of nitrogens with zero attached hydrogens (tertiary/aromatic N) is 2. The minimum absolute atomic E-state index is 0.176. The Morgan fingerprint density at radius 2 is 1.88 bits per heavy atom. The molecular formula is C19H22N2O4. The number of aliphatic hydroxyl groups excluding tert-OH is 2. The van der Waals surface area contributed by atoms with Gasteiger partial charge in [-0.05, 0) is 18.2 Å². The Hall–Kier alpha value is -2.41. The van der Waals surface area contributed by atoms with Gasteiger partial charge in [-0.1, -0.05) is 30.3 Å². The second-order valence-electron chi connectivity index (χ2n) is 5.77. The molecule has 2 aromatic carbocycles. The van der Waals surface area contributed by atoms with Crippen LogP contribution in [0.25, 0.3) is 11.0 Å². The van der Waals surface area contributed by atoms with Crippen molar-refractivity contribution in [2.45, 2.75) is 25.9 Å². The second-order valence-corrected chi connectivity index (χ2v) is 5.77. The Kier molecular flexibility index (Phi) is 5.65. The van der Waals surface area contributed by atoms with E-state index in [-0.39, 0.29) is 13.2 Å². The van der Waals surface area contributed by atoms with E-state index >= 15 is 0 Å². The first-order chi connectivity index (χ1) is 12.2. The van der Waals surface area contributed by atoms with Gasteiger partial charge in [-0.2, -0.15) is 0 Å². The summed E-state index contributed by atoms with van der Waals surface area (Å²) in [6.07, 6.45) is -0.711. The summed E-state index contributed by atoms with van der Waals surface area (Å²) in [6, 6.07) is 15.2. The van der Waals surface area contributed by atoms with Crippen LogP contribution in [0.5, 0.6) is 5.75 Å². The summed E-state index contributed by atoms with van der Waals surface area (Å²) in [5.74, 6) is 1.30. The first-order valence-corrected chi connectivity index (χ1v) is 8.15. The van der Waals surface area contributed by atoms with Crippen molar-refractivity contribution >= 4 is 11.0 Å². The van der Waals surface area contributed by atoms with Gasteiger partial charge in [0, 0.05) is 5.56 Å². The molecule has 0 radical (unpaired) electrons. The van der Waals surface area contributed by atoms with Crippen LogP contribution in [0.15, 0.2) is 48.5 Å². The maximum absolute atomic E-state index is 10.3. The van der Waals surface area contributed by atoms with E-state index in [4.69, 9.17) is 9.47 Å². The number of imidazole rings is 1. The Bertz CT molecular complexity index is 831. The minimum atomic E-state index is -0.711. The van der Waals surface area contributed by atoms with Crippen molar-refractivity contribution < 1.29 is 19.7 Å². The number of ether oxygens (including phenoxy) is 2. The number of benzene rings is 2. The molecule has 0 saturated carbocycles. The Balaban J connectivity index is 1.62. The average molecular weight is 342 g/mol. The highest BCUT2D eigenvalue weighted by Gasteiger charge is 2.14. The lowest BCUT2D eigenvalue weighted by molar-refractivity contribution is 0.0195. The predicted molar refractivity (Wildman–Crippen MR) is 94.3 cm³/mol. The summed E-state index contributed by atoms with van der Waals surface area (Å²) in [7, 11) is 1.62. The third-order valence-electron chi connectivity index (χ3n) is 4.03. The van der Waals surface area contributed by atoms with E-state index in [1.807, 2.05) is 53.1 Å². The van der Waals surface area contributed by atoms with E-state index in [1.165, 1.54) is 0 Å². The summed E-state index contributed by atoms with van der Waals surface area (Å²) in [4.78, 5) is 4.38. The highest BCUT2D eigenvalue weighted by molar-refractivity contribution is 5.75. The van der Waals surface area contributed by atoms with Gasteiger partial charge in [0.05, 0.1) is 44.0 Å². The summed E-state index contributed by atoms with van der Waals surface area (Å²) in [6.45, 7) is 0.667. The standard InChI is InChI=1S/C19H22N2O4/c1-24-18-9-5-2-6-14(18)12-25-13-15(23)10-21-17-8-4-3-7-16(17)20-19(21)11-22/h2-9,15,22-23H,10-13H2,1H3/t15-/m0/s1. The fraction of sp³-hybridized carbons (Fsp3) is 0.316. The first kappa shape index (κ1) is 17.4.